The zero-order chi connectivity index (χ0) is 19.2. The lowest BCUT2D eigenvalue weighted by atomic mass is 9.97. The number of hydrogen-bond donors (Lipinski definition) is 2. The van der Waals surface area contributed by atoms with Gasteiger partial charge < -0.3 is 15.0 Å². The molecule has 0 bridgehead atoms. The summed E-state index contributed by atoms with van der Waals surface area (Å²) in [4.78, 5) is 17.8. The van der Waals surface area contributed by atoms with Crippen LogP contribution >= 0.6 is 46.9 Å². The van der Waals surface area contributed by atoms with Crippen LogP contribution in [-0.4, -0.2) is 65.6 Å². The van der Waals surface area contributed by atoms with Crippen LogP contribution in [0.2, 0.25) is 4.34 Å². The van der Waals surface area contributed by atoms with Gasteiger partial charge in [0, 0.05) is 33.2 Å². The molecule has 8 nitrogen and oxygen atoms in total. The summed E-state index contributed by atoms with van der Waals surface area (Å²) < 4.78 is 32.2. The van der Waals surface area contributed by atoms with Gasteiger partial charge in [-0.15, -0.1) is 35.3 Å². The molecule has 0 saturated carbocycles. The summed E-state index contributed by atoms with van der Waals surface area (Å²) in [5, 5.41) is 3.14. The Bertz CT molecular complexity index is 749. The monoisotopic (exact) mass is 550 g/mol. The molecule has 1 aliphatic rings. The normalized spacial score (nSPS) is 16.0. The van der Waals surface area contributed by atoms with E-state index in [0.717, 1.165) is 11.3 Å². The van der Waals surface area contributed by atoms with Crippen LogP contribution in [0.25, 0.3) is 0 Å². The lowest BCUT2D eigenvalue weighted by Gasteiger charge is -2.33. The highest BCUT2D eigenvalue weighted by Gasteiger charge is 2.27. The Balaban J connectivity index is 0.00000364. The second-order valence-electron chi connectivity index (χ2n) is 5.71. The molecule has 2 N–H and O–H groups in total. The zero-order valence-electron chi connectivity index (χ0n) is 15.1. The van der Waals surface area contributed by atoms with Crippen molar-refractivity contribution in [2.45, 2.75) is 17.1 Å². The molecule has 0 unspecified atom stereocenters. The van der Waals surface area contributed by atoms with Crippen LogP contribution in [0.15, 0.2) is 21.3 Å². The Morgan fingerprint density at radius 1 is 1.37 bits per heavy atom. The number of carbonyl (C=O) groups is 1. The Morgan fingerprint density at radius 2 is 2.04 bits per heavy atom. The topological polar surface area (TPSA) is 100 Å². The number of nitrogens with one attached hydrogen (secondary N) is 2. The van der Waals surface area contributed by atoms with Gasteiger partial charge in [-0.1, -0.05) is 11.6 Å². The number of likely N-dealkylation sites (tertiary alicyclic amines) is 1. The number of guanidine groups is 1. The molecule has 154 valence electrons. The number of carbonyl (C=O) groups excluding carboxylic acids is 1. The molecular weight excluding hydrogens is 527 g/mol. The maximum atomic E-state index is 12.1. The van der Waals surface area contributed by atoms with Crippen molar-refractivity contribution in [3.63, 3.8) is 0 Å². The van der Waals surface area contributed by atoms with E-state index in [1.54, 1.807) is 13.1 Å². The van der Waals surface area contributed by atoms with Crippen molar-refractivity contribution in [2.75, 3.05) is 40.3 Å². The summed E-state index contributed by atoms with van der Waals surface area (Å²) in [5.74, 6) is 0.446. The molecule has 1 aromatic rings. The number of piperidine rings is 1. The van der Waals surface area contributed by atoms with Crippen molar-refractivity contribution in [1.29, 1.82) is 0 Å². The summed E-state index contributed by atoms with van der Waals surface area (Å²) in [6.45, 7) is 2.00. The second-order valence-corrected chi connectivity index (χ2v) is 9.42. The lowest BCUT2D eigenvalue weighted by Crippen LogP contribution is -2.48. The fourth-order valence-electron chi connectivity index (χ4n) is 2.70. The highest BCUT2D eigenvalue weighted by atomic mass is 127. The molecule has 27 heavy (non-hydrogen) atoms. The fraction of sp³-hybridized carbons (Fsp3) is 0.600. The summed E-state index contributed by atoms with van der Waals surface area (Å²) in [6, 6.07) is 3.03. The van der Waals surface area contributed by atoms with Crippen LogP contribution in [0.3, 0.4) is 0 Å². The Labute approximate surface area is 185 Å². The predicted molar refractivity (Wildman–Crippen MR) is 118 cm³/mol. The van der Waals surface area contributed by atoms with Crippen molar-refractivity contribution in [3.05, 3.63) is 16.5 Å². The number of aliphatic imine (C=N–C) groups is 1. The molecule has 2 heterocycles. The molecule has 1 saturated heterocycles. The average Bonchev–Trinajstić information content (AvgIpc) is 3.09. The minimum absolute atomic E-state index is 0. The number of thiophene rings is 1. The van der Waals surface area contributed by atoms with Crippen LogP contribution in [0, 0.1) is 5.92 Å². The quantitative estimate of drug-likeness (QED) is 0.184. The summed E-state index contributed by atoms with van der Waals surface area (Å²) >= 11 is 6.79. The van der Waals surface area contributed by atoms with Gasteiger partial charge >= 0.3 is 5.97 Å². The van der Waals surface area contributed by atoms with E-state index in [9.17, 15) is 13.2 Å². The first-order valence-electron chi connectivity index (χ1n) is 8.16. The number of sulfonamides is 1. The SMILES string of the molecule is CN=C(NCCNS(=O)(=O)c1ccc(Cl)s1)N1CCC(C(=O)OC)CC1.I. The Hall–Kier alpha value is -0.630. The van der Waals surface area contributed by atoms with Gasteiger partial charge in [0.25, 0.3) is 0 Å². The van der Waals surface area contributed by atoms with E-state index in [2.05, 4.69) is 15.0 Å². The molecule has 0 radical (unpaired) electrons. The third-order valence-electron chi connectivity index (χ3n) is 4.05. The molecular formula is C15H24ClIN4O4S2. The van der Waals surface area contributed by atoms with E-state index in [0.29, 0.717) is 42.8 Å². The number of halogens is 2. The maximum Gasteiger partial charge on any atom is 0.308 e. The summed E-state index contributed by atoms with van der Waals surface area (Å²) in [5.41, 5.74) is 0. The average molecular weight is 551 g/mol. The van der Waals surface area contributed by atoms with E-state index in [1.165, 1.54) is 13.2 Å². The Morgan fingerprint density at radius 3 is 2.56 bits per heavy atom. The smallest absolute Gasteiger partial charge is 0.308 e. The van der Waals surface area contributed by atoms with E-state index in [4.69, 9.17) is 16.3 Å². The van der Waals surface area contributed by atoms with Crippen molar-refractivity contribution in [3.8, 4) is 0 Å². The number of esters is 1. The molecule has 2 rings (SSSR count). The van der Waals surface area contributed by atoms with Crippen molar-refractivity contribution >= 4 is 68.9 Å². The Kier molecular flexibility index (Phi) is 10.3. The molecule has 1 fully saturated rings. The number of ether oxygens (including phenoxy) is 1. The number of hydrogen-bond acceptors (Lipinski definition) is 6. The highest BCUT2D eigenvalue weighted by Crippen LogP contribution is 2.25. The largest absolute Gasteiger partial charge is 0.469 e. The van der Waals surface area contributed by atoms with Crippen LogP contribution in [0.4, 0.5) is 0 Å². The summed E-state index contributed by atoms with van der Waals surface area (Å²) in [6.07, 6.45) is 1.41. The van der Waals surface area contributed by atoms with Gasteiger partial charge in [0.2, 0.25) is 10.0 Å². The molecule has 0 atom stereocenters. The number of methoxy groups -OCH3 is 1. The van der Waals surface area contributed by atoms with Gasteiger partial charge in [0.05, 0.1) is 17.4 Å². The molecule has 0 aromatic carbocycles. The second kappa shape index (κ2) is 11.4. The fourth-order valence-corrected chi connectivity index (χ4v) is 5.26. The van der Waals surface area contributed by atoms with E-state index >= 15 is 0 Å². The number of rotatable bonds is 6. The first kappa shape index (κ1) is 24.4. The maximum absolute atomic E-state index is 12.1. The molecule has 12 heteroatoms. The van der Waals surface area contributed by atoms with Crippen molar-refractivity contribution < 1.29 is 17.9 Å². The standard InChI is InChI=1S/C15H23ClN4O4S2.HI/c1-17-15(20-9-5-11(6-10-20)14(21)24-2)18-7-8-19-26(22,23)13-4-3-12(16)25-13;/h3-4,11,19H,5-10H2,1-2H3,(H,17,18);1H. The highest BCUT2D eigenvalue weighted by molar-refractivity contribution is 14.0. The minimum Gasteiger partial charge on any atom is -0.469 e. The van der Waals surface area contributed by atoms with Crippen LogP contribution in [0.1, 0.15) is 12.8 Å². The minimum atomic E-state index is -3.55. The van der Waals surface area contributed by atoms with Crippen LogP contribution < -0.4 is 10.0 Å². The lowest BCUT2D eigenvalue weighted by molar-refractivity contribution is -0.146. The van der Waals surface area contributed by atoms with Crippen LogP contribution in [-0.2, 0) is 19.6 Å². The van der Waals surface area contributed by atoms with Gasteiger partial charge in [-0.05, 0) is 25.0 Å². The van der Waals surface area contributed by atoms with Gasteiger partial charge in [-0.2, -0.15) is 0 Å². The molecule has 0 amide bonds. The van der Waals surface area contributed by atoms with Crippen molar-refractivity contribution in [1.82, 2.24) is 14.9 Å². The van der Waals surface area contributed by atoms with E-state index < -0.39 is 10.0 Å². The zero-order valence-corrected chi connectivity index (χ0v) is 19.8. The molecule has 1 aromatic heterocycles. The third-order valence-corrected chi connectivity index (χ3v) is 7.24. The first-order chi connectivity index (χ1) is 12.4. The third kappa shape index (κ3) is 7.04. The van der Waals surface area contributed by atoms with E-state index in [1.807, 2.05) is 4.90 Å². The summed E-state index contributed by atoms with van der Waals surface area (Å²) in [7, 11) is -0.473. The molecule has 0 aliphatic carbocycles. The molecule has 0 spiro atoms. The number of nitrogens with zero attached hydrogens (tertiary/aromatic N) is 2. The molecule has 1 aliphatic heterocycles. The van der Waals surface area contributed by atoms with E-state index in [-0.39, 0.29) is 46.6 Å². The van der Waals surface area contributed by atoms with Gasteiger partial charge in [0.1, 0.15) is 4.21 Å². The van der Waals surface area contributed by atoms with Gasteiger partial charge in [-0.3, -0.25) is 9.79 Å². The van der Waals surface area contributed by atoms with Gasteiger partial charge in [0.15, 0.2) is 5.96 Å². The predicted octanol–water partition coefficient (Wildman–Crippen LogP) is 1.76. The van der Waals surface area contributed by atoms with Gasteiger partial charge in [-0.25, -0.2) is 13.1 Å². The van der Waals surface area contributed by atoms with Crippen LogP contribution in [0.5, 0.6) is 0 Å². The van der Waals surface area contributed by atoms with Crippen molar-refractivity contribution in [2.24, 2.45) is 10.9 Å². The first-order valence-corrected chi connectivity index (χ1v) is 10.8.